The number of furan rings is 1. The van der Waals surface area contributed by atoms with Gasteiger partial charge < -0.3 is 4.42 Å². The first-order valence-electron chi connectivity index (χ1n) is 4.68. The van der Waals surface area contributed by atoms with E-state index in [0.29, 0.717) is 16.3 Å². The van der Waals surface area contributed by atoms with Gasteiger partial charge in [-0.05, 0) is 40.2 Å². The molecule has 2 aromatic rings. The van der Waals surface area contributed by atoms with Crippen LogP contribution in [0.25, 0.3) is 0 Å². The molecule has 0 unspecified atom stereocenters. The smallest absolute Gasteiger partial charge is 0.171 e. The number of Topliss-reactive ketones (excluding diaryl/α,β-unsaturated/α-hetero) is 1. The summed E-state index contributed by atoms with van der Waals surface area (Å²) in [4.78, 5) is 11.9. The quantitative estimate of drug-likeness (QED) is 0.798. The topological polar surface area (TPSA) is 30.2 Å². The van der Waals surface area contributed by atoms with E-state index in [1.807, 2.05) is 0 Å². The van der Waals surface area contributed by atoms with Crippen LogP contribution in [-0.2, 0) is 6.42 Å². The lowest BCUT2D eigenvalue weighted by atomic mass is 10.1. The number of hydrogen-bond donors (Lipinski definition) is 0. The summed E-state index contributed by atoms with van der Waals surface area (Å²) in [6, 6.07) is 8.81. The molecule has 0 saturated heterocycles. The minimum atomic E-state index is -0.0544. The molecule has 0 aliphatic carbocycles. The highest BCUT2D eigenvalue weighted by molar-refractivity contribution is 9.10. The predicted molar refractivity (Wildman–Crippen MR) is 65.9 cm³/mol. The van der Waals surface area contributed by atoms with Crippen molar-refractivity contribution in [2.24, 2.45) is 0 Å². The molecule has 0 atom stereocenters. The molecule has 1 aromatic carbocycles. The first-order chi connectivity index (χ1) is 7.68. The van der Waals surface area contributed by atoms with Gasteiger partial charge in [-0.1, -0.05) is 17.7 Å². The molecular formula is C12H8BrClO2. The van der Waals surface area contributed by atoms with E-state index < -0.39 is 0 Å². The molecule has 0 fully saturated rings. The van der Waals surface area contributed by atoms with Crippen molar-refractivity contribution in [1.82, 2.24) is 0 Å². The lowest BCUT2D eigenvalue weighted by Gasteiger charge is -2.03. The van der Waals surface area contributed by atoms with Crippen LogP contribution in [0.4, 0.5) is 0 Å². The van der Waals surface area contributed by atoms with Gasteiger partial charge in [-0.3, -0.25) is 4.79 Å². The van der Waals surface area contributed by atoms with Gasteiger partial charge in [0.15, 0.2) is 5.78 Å². The van der Waals surface area contributed by atoms with E-state index in [1.54, 1.807) is 36.6 Å². The number of carbonyl (C=O) groups excluding carboxylic acids is 1. The summed E-state index contributed by atoms with van der Waals surface area (Å²) in [5.41, 5.74) is 0.507. The number of rotatable bonds is 3. The van der Waals surface area contributed by atoms with Crippen molar-refractivity contribution in [1.29, 1.82) is 0 Å². The Morgan fingerprint density at radius 1 is 1.31 bits per heavy atom. The fourth-order valence-electron chi connectivity index (χ4n) is 1.39. The molecule has 2 rings (SSSR count). The van der Waals surface area contributed by atoms with Crippen LogP contribution in [-0.4, -0.2) is 5.78 Å². The lowest BCUT2D eigenvalue weighted by Crippen LogP contribution is -2.03. The molecule has 0 aliphatic heterocycles. The largest absolute Gasteiger partial charge is 0.469 e. The van der Waals surface area contributed by atoms with Crippen molar-refractivity contribution >= 4 is 33.3 Å². The van der Waals surface area contributed by atoms with Crippen molar-refractivity contribution in [2.75, 3.05) is 0 Å². The maximum atomic E-state index is 11.9. The molecule has 4 heteroatoms. The van der Waals surface area contributed by atoms with Gasteiger partial charge in [0, 0.05) is 10.0 Å². The van der Waals surface area contributed by atoms with Crippen molar-refractivity contribution in [3.63, 3.8) is 0 Å². The van der Waals surface area contributed by atoms with Gasteiger partial charge >= 0.3 is 0 Å². The molecule has 0 spiro atoms. The van der Waals surface area contributed by atoms with Gasteiger partial charge in [-0.15, -0.1) is 0 Å². The van der Waals surface area contributed by atoms with Crippen LogP contribution < -0.4 is 0 Å². The maximum Gasteiger partial charge on any atom is 0.171 e. The summed E-state index contributed by atoms with van der Waals surface area (Å²) in [7, 11) is 0. The van der Waals surface area contributed by atoms with E-state index in [-0.39, 0.29) is 12.2 Å². The molecule has 2 nitrogen and oxygen atoms in total. The summed E-state index contributed by atoms with van der Waals surface area (Å²) in [5.74, 6) is 0.585. The van der Waals surface area contributed by atoms with Crippen LogP contribution in [0.1, 0.15) is 16.1 Å². The van der Waals surface area contributed by atoms with E-state index in [1.165, 1.54) is 0 Å². The van der Waals surface area contributed by atoms with Crippen LogP contribution in [0.2, 0.25) is 5.02 Å². The Balaban J connectivity index is 2.24. The number of halogens is 2. The molecule has 0 aliphatic rings. The van der Waals surface area contributed by atoms with Gasteiger partial charge in [-0.25, -0.2) is 0 Å². The highest BCUT2D eigenvalue weighted by Crippen LogP contribution is 2.26. The second-order valence-corrected chi connectivity index (χ2v) is 4.51. The van der Waals surface area contributed by atoms with Gasteiger partial charge in [0.1, 0.15) is 5.76 Å². The fraction of sp³-hybridized carbons (Fsp3) is 0.0833. The maximum absolute atomic E-state index is 11.9. The Morgan fingerprint density at radius 2 is 2.12 bits per heavy atom. The lowest BCUT2D eigenvalue weighted by molar-refractivity contribution is 0.0987. The number of hydrogen-bond acceptors (Lipinski definition) is 2. The molecule has 1 aromatic heterocycles. The average molecular weight is 300 g/mol. The highest BCUT2D eigenvalue weighted by Gasteiger charge is 2.13. The molecule has 1 heterocycles. The summed E-state index contributed by atoms with van der Waals surface area (Å²) < 4.78 is 5.84. The van der Waals surface area contributed by atoms with Crippen LogP contribution >= 0.6 is 27.5 Å². The Bertz CT molecular complexity index is 506. The van der Waals surface area contributed by atoms with Crippen molar-refractivity contribution in [3.8, 4) is 0 Å². The molecule has 0 bridgehead atoms. The molecular weight excluding hydrogens is 291 g/mol. The van der Waals surface area contributed by atoms with Crippen molar-refractivity contribution < 1.29 is 9.21 Å². The summed E-state index contributed by atoms with van der Waals surface area (Å²) in [5, 5.41) is 0.444. The Hall–Kier alpha value is -1.06. The van der Waals surface area contributed by atoms with E-state index in [4.69, 9.17) is 16.0 Å². The van der Waals surface area contributed by atoms with Crippen molar-refractivity contribution in [2.45, 2.75) is 6.42 Å². The minimum absolute atomic E-state index is 0.0544. The third-order valence-corrected chi connectivity index (χ3v) is 3.46. The van der Waals surface area contributed by atoms with E-state index in [9.17, 15) is 4.79 Å². The molecule has 16 heavy (non-hydrogen) atoms. The van der Waals surface area contributed by atoms with E-state index >= 15 is 0 Å². The summed E-state index contributed by atoms with van der Waals surface area (Å²) in [6.45, 7) is 0. The molecule has 0 saturated carbocycles. The predicted octanol–water partition coefficient (Wildman–Crippen LogP) is 4.12. The number of benzene rings is 1. The summed E-state index contributed by atoms with van der Waals surface area (Å²) >= 11 is 9.31. The average Bonchev–Trinajstić information content (AvgIpc) is 2.74. The highest BCUT2D eigenvalue weighted by atomic mass is 79.9. The Labute approximate surface area is 106 Å². The molecule has 82 valence electrons. The van der Waals surface area contributed by atoms with Gasteiger partial charge in [0.2, 0.25) is 0 Å². The normalized spacial score (nSPS) is 10.4. The van der Waals surface area contributed by atoms with E-state index in [2.05, 4.69) is 15.9 Å². The second kappa shape index (κ2) is 4.85. The monoisotopic (exact) mass is 298 g/mol. The van der Waals surface area contributed by atoms with Gasteiger partial charge in [-0.2, -0.15) is 0 Å². The Morgan fingerprint density at radius 3 is 2.81 bits per heavy atom. The van der Waals surface area contributed by atoms with Gasteiger partial charge in [0.25, 0.3) is 0 Å². The molecule has 0 amide bonds. The zero-order valence-corrected chi connectivity index (χ0v) is 10.6. The molecule has 0 radical (unpaired) electrons. The third-order valence-electron chi connectivity index (χ3n) is 2.17. The van der Waals surface area contributed by atoms with Crippen LogP contribution in [0.15, 0.2) is 45.5 Å². The van der Waals surface area contributed by atoms with Crippen LogP contribution in [0.5, 0.6) is 0 Å². The number of carbonyl (C=O) groups is 1. The first-order valence-corrected chi connectivity index (χ1v) is 5.85. The van der Waals surface area contributed by atoms with Crippen LogP contribution in [0.3, 0.4) is 0 Å². The van der Waals surface area contributed by atoms with Crippen molar-refractivity contribution in [3.05, 3.63) is 57.4 Å². The standard InChI is InChI=1S/C12H8BrClO2/c13-10-5-1-4-9(12(10)14)11(15)7-8-3-2-6-16-8/h1-6H,7H2. The zero-order valence-electron chi connectivity index (χ0n) is 8.24. The SMILES string of the molecule is O=C(Cc1ccco1)c1cccc(Br)c1Cl. The molecule has 0 N–H and O–H groups in total. The second-order valence-electron chi connectivity index (χ2n) is 3.28. The van der Waals surface area contributed by atoms with Crippen LogP contribution in [0, 0.1) is 0 Å². The summed E-state index contributed by atoms with van der Waals surface area (Å²) in [6.07, 6.45) is 1.77. The Kier molecular flexibility index (Phi) is 3.46. The van der Waals surface area contributed by atoms with E-state index in [0.717, 1.165) is 4.47 Å². The third kappa shape index (κ3) is 2.36. The minimum Gasteiger partial charge on any atom is -0.469 e. The first kappa shape index (κ1) is 11.4. The van der Waals surface area contributed by atoms with Gasteiger partial charge in [0.05, 0.1) is 17.7 Å². The zero-order chi connectivity index (χ0) is 11.5. The number of ketones is 1. The fourth-order valence-corrected chi connectivity index (χ4v) is 1.98.